The first-order chi connectivity index (χ1) is 6.73. The number of aromatic carboxylic acids is 1. The highest BCUT2D eigenvalue weighted by molar-refractivity contribution is 5.88. The molecule has 4 N–H and O–H groups in total. The molecule has 1 aromatic heterocycles. The minimum atomic E-state index is -1.22. The molecule has 0 bridgehead atoms. The van der Waals surface area contributed by atoms with E-state index in [1.54, 1.807) is 20.8 Å². The summed E-state index contributed by atoms with van der Waals surface area (Å²) < 4.78 is 0. The molecule has 15 heavy (non-hydrogen) atoms. The molecule has 1 aromatic rings. The van der Waals surface area contributed by atoms with Crippen LogP contribution in [0.2, 0.25) is 0 Å². The van der Waals surface area contributed by atoms with Crippen LogP contribution in [-0.2, 0) is 5.41 Å². The Morgan fingerprint density at radius 3 is 2.40 bits per heavy atom. The smallest absolute Gasteiger partial charge is 0.352 e. The van der Waals surface area contributed by atoms with Gasteiger partial charge in [-0.15, -0.1) is 0 Å². The summed E-state index contributed by atoms with van der Waals surface area (Å²) in [6.45, 7) is 5.39. The van der Waals surface area contributed by atoms with E-state index in [0.29, 0.717) is 5.56 Å². The van der Waals surface area contributed by atoms with Crippen molar-refractivity contribution in [3.05, 3.63) is 21.7 Å². The van der Waals surface area contributed by atoms with Gasteiger partial charge in [0.05, 0.1) is 0 Å². The summed E-state index contributed by atoms with van der Waals surface area (Å²) in [5.41, 5.74) is 4.46. The molecule has 0 unspecified atom stereocenters. The van der Waals surface area contributed by atoms with E-state index in [9.17, 15) is 9.59 Å². The summed E-state index contributed by atoms with van der Waals surface area (Å²) in [7, 11) is 0. The molecule has 0 fully saturated rings. The summed E-state index contributed by atoms with van der Waals surface area (Å²) in [6.07, 6.45) is 0. The number of carbonyl (C=O) groups is 1. The van der Waals surface area contributed by atoms with Crippen molar-refractivity contribution in [2.75, 3.05) is 5.73 Å². The van der Waals surface area contributed by atoms with Gasteiger partial charge in [0, 0.05) is 5.56 Å². The number of aromatic nitrogens is 2. The number of nitrogens with zero attached hydrogens (tertiary/aromatic N) is 1. The van der Waals surface area contributed by atoms with Crippen molar-refractivity contribution in [2.24, 2.45) is 0 Å². The average molecular weight is 211 g/mol. The van der Waals surface area contributed by atoms with Crippen LogP contribution in [0.15, 0.2) is 4.79 Å². The fourth-order valence-corrected chi connectivity index (χ4v) is 1.41. The molecule has 0 aliphatic heterocycles. The highest BCUT2D eigenvalue weighted by Crippen LogP contribution is 2.27. The van der Waals surface area contributed by atoms with E-state index in [4.69, 9.17) is 10.8 Å². The number of hydrogen-bond acceptors (Lipinski definition) is 4. The fourth-order valence-electron chi connectivity index (χ4n) is 1.41. The third-order valence-corrected chi connectivity index (χ3v) is 1.92. The van der Waals surface area contributed by atoms with Gasteiger partial charge >= 0.3 is 11.7 Å². The van der Waals surface area contributed by atoms with Gasteiger partial charge in [-0.1, -0.05) is 20.8 Å². The van der Waals surface area contributed by atoms with Crippen molar-refractivity contribution in [1.82, 2.24) is 9.97 Å². The summed E-state index contributed by atoms with van der Waals surface area (Å²) in [4.78, 5) is 27.6. The lowest BCUT2D eigenvalue weighted by atomic mass is 9.86. The molecule has 0 aromatic carbocycles. The van der Waals surface area contributed by atoms with E-state index in [2.05, 4.69) is 9.97 Å². The maximum absolute atomic E-state index is 11.0. The van der Waals surface area contributed by atoms with Crippen LogP contribution in [0.5, 0.6) is 0 Å². The third-order valence-electron chi connectivity index (χ3n) is 1.92. The predicted molar refractivity (Wildman–Crippen MR) is 54.9 cm³/mol. The Hall–Kier alpha value is -1.85. The molecule has 0 atom stereocenters. The Morgan fingerprint density at radius 1 is 1.47 bits per heavy atom. The minimum absolute atomic E-state index is 0.0383. The molecule has 6 heteroatoms. The lowest BCUT2D eigenvalue weighted by Gasteiger charge is -2.21. The second-order valence-corrected chi connectivity index (χ2v) is 4.23. The number of H-pyrrole nitrogens is 1. The van der Waals surface area contributed by atoms with Crippen molar-refractivity contribution in [1.29, 1.82) is 0 Å². The summed E-state index contributed by atoms with van der Waals surface area (Å²) >= 11 is 0. The van der Waals surface area contributed by atoms with Crippen LogP contribution in [-0.4, -0.2) is 21.0 Å². The molecule has 1 heterocycles. The lowest BCUT2D eigenvalue weighted by molar-refractivity contribution is 0.0687. The van der Waals surface area contributed by atoms with E-state index in [-0.39, 0.29) is 11.5 Å². The van der Waals surface area contributed by atoms with Crippen molar-refractivity contribution < 1.29 is 9.90 Å². The number of rotatable bonds is 1. The van der Waals surface area contributed by atoms with Gasteiger partial charge in [0.2, 0.25) is 0 Å². The number of anilines is 1. The molecule has 0 saturated heterocycles. The van der Waals surface area contributed by atoms with Gasteiger partial charge in [-0.3, -0.25) is 4.98 Å². The Morgan fingerprint density at radius 2 is 2.00 bits per heavy atom. The van der Waals surface area contributed by atoms with Crippen LogP contribution in [0.4, 0.5) is 5.82 Å². The van der Waals surface area contributed by atoms with Gasteiger partial charge < -0.3 is 10.8 Å². The molecule has 0 amide bonds. The predicted octanol–water partition coefficient (Wildman–Crippen LogP) is 0.348. The normalized spacial score (nSPS) is 11.4. The number of carboxylic acid groups (broad SMARTS) is 1. The van der Waals surface area contributed by atoms with Crippen molar-refractivity contribution in [3.8, 4) is 0 Å². The van der Waals surface area contributed by atoms with Crippen LogP contribution in [0, 0.1) is 0 Å². The first-order valence-corrected chi connectivity index (χ1v) is 4.37. The summed E-state index contributed by atoms with van der Waals surface area (Å²) in [6, 6.07) is 0. The van der Waals surface area contributed by atoms with Crippen molar-refractivity contribution >= 4 is 11.8 Å². The zero-order valence-corrected chi connectivity index (χ0v) is 8.79. The van der Waals surface area contributed by atoms with Gasteiger partial charge in [-0.2, -0.15) is 4.98 Å². The highest BCUT2D eigenvalue weighted by Gasteiger charge is 2.26. The van der Waals surface area contributed by atoms with Crippen LogP contribution in [0.25, 0.3) is 0 Å². The summed E-state index contributed by atoms with van der Waals surface area (Å²) in [5.74, 6) is -1.25. The molecule has 1 rings (SSSR count). The second-order valence-electron chi connectivity index (χ2n) is 4.23. The van der Waals surface area contributed by atoms with E-state index in [1.807, 2.05) is 0 Å². The minimum Gasteiger partial charge on any atom is -0.477 e. The van der Waals surface area contributed by atoms with Crippen LogP contribution in [0.3, 0.4) is 0 Å². The Kier molecular flexibility index (Phi) is 2.53. The Balaban J connectivity index is 3.62. The molecular formula is C9H13N3O3. The van der Waals surface area contributed by atoms with E-state index < -0.39 is 17.1 Å². The van der Waals surface area contributed by atoms with Crippen LogP contribution >= 0.6 is 0 Å². The number of carboxylic acids is 1. The highest BCUT2D eigenvalue weighted by atomic mass is 16.4. The second kappa shape index (κ2) is 3.38. The largest absolute Gasteiger partial charge is 0.477 e. The molecule has 0 saturated carbocycles. The number of nitrogen functional groups attached to an aromatic ring is 1. The molecule has 0 spiro atoms. The summed E-state index contributed by atoms with van der Waals surface area (Å²) in [5, 5.41) is 8.92. The first-order valence-electron chi connectivity index (χ1n) is 4.37. The fraction of sp³-hybridized carbons (Fsp3) is 0.444. The van der Waals surface area contributed by atoms with E-state index in [0.717, 1.165) is 0 Å². The average Bonchev–Trinajstić information content (AvgIpc) is 1.99. The third kappa shape index (κ3) is 2.15. The molecule has 0 aliphatic rings. The van der Waals surface area contributed by atoms with Gasteiger partial charge in [0.25, 0.3) is 0 Å². The zero-order valence-electron chi connectivity index (χ0n) is 8.79. The SMILES string of the molecule is CC(C)(C)c1c(N)nc(=O)[nH]c1C(=O)O. The number of nitrogens with one attached hydrogen (secondary N) is 1. The number of nitrogens with two attached hydrogens (primary N) is 1. The van der Waals surface area contributed by atoms with Crippen LogP contribution < -0.4 is 11.4 Å². The van der Waals surface area contributed by atoms with Crippen molar-refractivity contribution in [3.63, 3.8) is 0 Å². The Labute approximate surface area is 86.2 Å². The molecule has 0 aliphatic carbocycles. The molecule has 0 radical (unpaired) electrons. The lowest BCUT2D eigenvalue weighted by Crippen LogP contribution is -2.27. The van der Waals surface area contributed by atoms with Crippen molar-refractivity contribution in [2.45, 2.75) is 26.2 Å². The van der Waals surface area contributed by atoms with Crippen LogP contribution in [0.1, 0.15) is 36.8 Å². The quantitative estimate of drug-likeness (QED) is 0.620. The standard InChI is InChI=1S/C9H13N3O3/c1-9(2,3)4-5(7(13)14)11-8(15)12-6(4)10/h1-3H3,(H,13,14)(H3,10,11,12,15). The number of hydrogen-bond donors (Lipinski definition) is 3. The number of aromatic amines is 1. The molecule has 82 valence electrons. The zero-order chi connectivity index (χ0) is 11.8. The van der Waals surface area contributed by atoms with E-state index in [1.165, 1.54) is 0 Å². The maximum Gasteiger partial charge on any atom is 0.352 e. The molecular weight excluding hydrogens is 198 g/mol. The van der Waals surface area contributed by atoms with E-state index >= 15 is 0 Å². The van der Waals surface area contributed by atoms with Gasteiger partial charge in [0.1, 0.15) is 11.5 Å². The van der Waals surface area contributed by atoms with Gasteiger partial charge in [-0.25, -0.2) is 9.59 Å². The first kappa shape index (κ1) is 11.2. The Bertz CT molecular complexity index is 457. The van der Waals surface area contributed by atoms with Gasteiger partial charge in [0.15, 0.2) is 0 Å². The maximum atomic E-state index is 11.0. The topological polar surface area (TPSA) is 109 Å². The monoisotopic (exact) mass is 211 g/mol. The van der Waals surface area contributed by atoms with Gasteiger partial charge in [-0.05, 0) is 5.41 Å². The molecule has 6 nitrogen and oxygen atoms in total.